The number of anilines is 2. The zero-order chi connectivity index (χ0) is 26.9. The van der Waals surface area contributed by atoms with E-state index in [0.29, 0.717) is 29.1 Å². The van der Waals surface area contributed by atoms with Gasteiger partial charge in [-0.1, -0.05) is 42.5 Å². The topological polar surface area (TPSA) is 109 Å². The molecule has 39 heavy (non-hydrogen) atoms. The van der Waals surface area contributed by atoms with Crippen LogP contribution in [-0.4, -0.2) is 31.8 Å². The fourth-order valence-corrected chi connectivity index (χ4v) is 4.61. The number of amides is 1. The van der Waals surface area contributed by atoms with Crippen LogP contribution in [0.5, 0.6) is 5.75 Å². The van der Waals surface area contributed by atoms with Crippen LogP contribution in [0.2, 0.25) is 0 Å². The number of benzene rings is 3. The van der Waals surface area contributed by atoms with Gasteiger partial charge in [0.2, 0.25) is 0 Å². The number of aromatic hydroxyl groups is 1. The third-order valence-electron chi connectivity index (χ3n) is 6.80. The van der Waals surface area contributed by atoms with E-state index in [1.807, 2.05) is 55.5 Å². The number of nitrogens with zero attached hydrogens (tertiary/aromatic N) is 3. The number of aromatic nitrogens is 3. The molecule has 194 valence electrons. The van der Waals surface area contributed by atoms with E-state index in [0.717, 1.165) is 40.4 Å². The minimum atomic E-state index is -0.232. The number of pyridine rings is 1. The van der Waals surface area contributed by atoms with Crippen molar-refractivity contribution in [2.24, 2.45) is 0 Å². The lowest BCUT2D eigenvalue weighted by atomic mass is 9.99. The molecule has 0 bridgehead atoms. The highest BCUT2D eigenvalue weighted by atomic mass is 16.3. The van der Waals surface area contributed by atoms with Gasteiger partial charge in [-0.3, -0.25) is 14.6 Å². The highest BCUT2D eigenvalue weighted by Crippen LogP contribution is 2.31. The van der Waals surface area contributed by atoms with Crippen molar-refractivity contribution >= 4 is 28.1 Å². The Labute approximate surface area is 225 Å². The summed E-state index contributed by atoms with van der Waals surface area (Å²) in [5, 5.41) is 23.1. The molecule has 1 aliphatic carbocycles. The second kappa shape index (κ2) is 10.1. The standard InChI is InChI=1S/C31H27N5O3/c1-2-36-31(39)28(34-29-18-32-17-21-6-3-4-9-26(21)29)16-27(35-36)20-8-5-7-19(12-20)22-13-23(15-25(37)14-22)30(38)33-24-10-11-24/h3-9,12-18,24,34,37H,2,10-11H2,1H3,(H,33,38). The number of phenolic OH excluding ortho intramolecular Hbond substituents is 1. The first-order chi connectivity index (χ1) is 19.0. The summed E-state index contributed by atoms with van der Waals surface area (Å²) in [7, 11) is 0. The van der Waals surface area contributed by atoms with Crippen LogP contribution in [0.15, 0.2) is 90.0 Å². The van der Waals surface area contributed by atoms with Crippen molar-refractivity contribution in [3.8, 4) is 28.1 Å². The molecule has 2 aromatic heterocycles. The van der Waals surface area contributed by atoms with Crippen molar-refractivity contribution in [2.45, 2.75) is 32.4 Å². The molecule has 0 saturated heterocycles. The number of nitrogens with one attached hydrogen (secondary N) is 2. The SMILES string of the molecule is CCn1nc(-c2cccc(-c3cc(O)cc(C(=O)NC4CC4)c3)c2)cc(Nc2cncc3ccccc23)c1=O. The Kier molecular flexibility index (Phi) is 6.28. The largest absolute Gasteiger partial charge is 0.508 e. The maximum absolute atomic E-state index is 13.2. The van der Waals surface area contributed by atoms with Gasteiger partial charge in [-0.2, -0.15) is 5.10 Å². The normalized spacial score (nSPS) is 12.8. The second-order valence-electron chi connectivity index (χ2n) is 9.69. The van der Waals surface area contributed by atoms with Crippen LogP contribution in [0.1, 0.15) is 30.1 Å². The highest BCUT2D eigenvalue weighted by Gasteiger charge is 2.24. The van der Waals surface area contributed by atoms with Crippen LogP contribution in [0.3, 0.4) is 0 Å². The zero-order valence-electron chi connectivity index (χ0n) is 21.4. The van der Waals surface area contributed by atoms with E-state index < -0.39 is 0 Å². The molecule has 0 radical (unpaired) electrons. The lowest BCUT2D eigenvalue weighted by molar-refractivity contribution is 0.0950. The first kappa shape index (κ1) is 24.4. The van der Waals surface area contributed by atoms with Crippen LogP contribution in [-0.2, 0) is 6.54 Å². The first-order valence-corrected chi connectivity index (χ1v) is 13.0. The van der Waals surface area contributed by atoms with Gasteiger partial charge in [-0.15, -0.1) is 0 Å². The van der Waals surface area contributed by atoms with Crippen molar-refractivity contribution in [2.75, 3.05) is 5.32 Å². The number of phenols is 1. The summed E-state index contributed by atoms with van der Waals surface area (Å²) in [5.74, 6) is -0.173. The van der Waals surface area contributed by atoms with E-state index in [4.69, 9.17) is 0 Å². The van der Waals surface area contributed by atoms with Crippen LogP contribution >= 0.6 is 0 Å². The fraction of sp³-hybridized carbons (Fsp3) is 0.161. The van der Waals surface area contributed by atoms with Gasteiger partial charge in [0, 0.05) is 40.7 Å². The molecule has 0 atom stereocenters. The minimum absolute atomic E-state index is 0.0201. The predicted octanol–water partition coefficient (Wildman–Crippen LogP) is 5.49. The van der Waals surface area contributed by atoms with Gasteiger partial charge in [0.05, 0.1) is 17.6 Å². The Hall–Kier alpha value is -4.98. The molecular formula is C31H27N5O3. The summed E-state index contributed by atoms with van der Waals surface area (Å²) in [4.78, 5) is 30.1. The van der Waals surface area contributed by atoms with E-state index in [2.05, 4.69) is 20.7 Å². The van der Waals surface area contributed by atoms with Crippen LogP contribution < -0.4 is 16.2 Å². The molecule has 1 fully saturated rings. The summed E-state index contributed by atoms with van der Waals surface area (Å²) in [5.41, 5.74) is 4.23. The van der Waals surface area contributed by atoms with E-state index in [9.17, 15) is 14.7 Å². The van der Waals surface area contributed by atoms with Crippen molar-refractivity contribution in [3.63, 3.8) is 0 Å². The summed E-state index contributed by atoms with van der Waals surface area (Å²) in [6, 6.07) is 22.4. The van der Waals surface area contributed by atoms with Crippen molar-refractivity contribution in [3.05, 3.63) is 101 Å². The van der Waals surface area contributed by atoms with Gasteiger partial charge < -0.3 is 15.7 Å². The number of hydrogen-bond acceptors (Lipinski definition) is 6. The molecule has 2 heterocycles. The summed E-state index contributed by atoms with van der Waals surface area (Å²) >= 11 is 0. The number of hydrogen-bond donors (Lipinski definition) is 3. The first-order valence-electron chi connectivity index (χ1n) is 13.0. The van der Waals surface area contributed by atoms with Crippen LogP contribution in [0.4, 0.5) is 11.4 Å². The minimum Gasteiger partial charge on any atom is -0.508 e. The van der Waals surface area contributed by atoms with Crippen molar-refractivity contribution in [1.82, 2.24) is 20.1 Å². The molecule has 0 unspecified atom stereocenters. The molecule has 1 saturated carbocycles. The summed E-state index contributed by atoms with van der Waals surface area (Å²) in [6.45, 7) is 2.28. The van der Waals surface area contributed by atoms with Crippen molar-refractivity contribution in [1.29, 1.82) is 0 Å². The summed E-state index contributed by atoms with van der Waals surface area (Å²) in [6.07, 6.45) is 5.47. The Morgan fingerprint density at radius 3 is 2.59 bits per heavy atom. The molecule has 0 spiro atoms. The predicted molar refractivity (Wildman–Crippen MR) is 152 cm³/mol. The molecule has 8 heteroatoms. The van der Waals surface area contributed by atoms with Crippen LogP contribution in [0, 0.1) is 0 Å². The van der Waals surface area contributed by atoms with E-state index in [1.54, 1.807) is 30.6 Å². The Bertz CT molecular complexity index is 1770. The van der Waals surface area contributed by atoms with Gasteiger partial charge in [0.25, 0.3) is 11.5 Å². The second-order valence-corrected chi connectivity index (χ2v) is 9.69. The number of carbonyl (C=O) groups excluding carboxylic acids is 1. The van der Waals surface area contributed by atoms with Gasteiger partial charge in [0.15, 0.2) is 0 Å². The molecule has 3 N–H and O–H groups in total. The van der Waals surface area contributed by atoms with E-state index >= 15 is 0 Å². The van der Waals surface area contributed by atoms with Gasteiger partial charge in [-0.05, 0) is 61.2 Å². The Balaban J connectivity index is 1.38. The number of aryl methyl sites for hydroxylation is 1. The highest BCUT2D eigenvalue weighted by molar-refractivity contribution is 5.97. The Morgan fingerprint density at radius 1 is 0.949 bits per heavy atom. The average molecular weight is 518 g/mol. The molecule has 1 amide bonds. The van der Waals surface area contributed by atoms with Gasteiger partial charge in [-0.25, -0.2) is 4.68 Å². The lowest BCUT2D eigenvalue weighted by Crippen LogP contribution is -2.25. The maximum atomic E-state index is 13.2. The number of carbonyl (C=O) groups is 1. The zero-order valence-corrected chi connectivity index (χ0v) is 21.4. The molecule has 3 aromatic carbocycles. The summed E-state index contributed by atoms with van der Waals surface area (Å²) < 4.78 is 1.43. The quantitative estimate of drug-likeness (QED) is 0.264. The third-order valence-corrected chi connectivity index (χ3v) is 6.80. The Morgan fingerprint density at radius 2 is 1.77 bits per heavy atom. The van der Waals surface area contributed by atoms with Crippen LogP contribution in [0.25, 0.3) is 33.2 Å². The average Bonchev–Trinajstić information content (AvgIpc) is 3.78. The van der Waals surface area contributed by atoms with Gasteiger partial charge >= 0.3 is 0 Å². The fourth-order valence-electron chi connectivity index (χ4n) is 4.61. The third kappa shape index (κ3) is 5.09. The molecule has 8 nitrogen and oxygen atoms in total. The molecule has 6 rings (SSSR count). The molecule has 5 aromatic rings. The molecule has 0 aliphatic heterocycles. The molecule has 1 aliphatic rings. The maximum Gasteiger partial charge on any atom is 0.290 e. The lowest BCUT2D eigenvalue weighted by Gasteiger charge is -2.13. The van der Waals surface area contributed by atoms with E-state index in [-0.39, 0.29) is 23.3 Å². The van der Waals surface area contributed by atoms with Crippen molar-refractivity contribution < 1.29 is 9.90 Å². The monoisotopic (exact) mass is 517 g/mol. The molecular weight excluding hydrogens is 490 g/mol. The number of fused-ring (bicyclic) bond motifs is 1. The van der Waals surface area contributed by atoms with E-state index in [1.165, 1.54) is 10.7 Å². The number of rotatable bonds is 7. The smallest absolute Gasteiger partial charge is 0.290 e. The van der Waals surface area contributed by atoms with Gasteiger partial charge in [0.1, 0.15) is 11.4 Å².